The molecule has 1 aliphatic carbocycles. The Bertz CT molecular complexity index is 1610. The van der Waals surface area contributed by atoms with E-state index in [1.807, 2.05) is 26.8 Å². The number of nitrogens with one attached hydrogen (secondary N) is 2. The number of aliphatic imine (C=N–C) groups is 1. The van der Waals surface area contributed by atoms with E-state index in [9.17, 15) is 27.6 Å². The lowest BCUT2D eigenvalue weighted by Gasteiger charge is -2.29. The lowest BCUT2D eigenvalue weighted by molar-refractivity contribution is -0.155. The van der Waals surface area contributed by atoms with E-state index in [0.29, 0.717) is 29.3 Å². The average Bonchev–Trinajstić information content (AvgIpc) is 3.37. The van der Waals surface area contributed by atoms with Crippen molar-refractivity contribution in [2.45, 2.75) is 90.5 Å². The minimum Gasteiger partial charge on any atom is -0.460 e. The summed E-state index contributed by atoms with van der Waals surface area (Å²) >= 11 is 6.58. The molecule has 3 heterocycles. The summed E-state index contributed by atoms with van der Waals surface area (Å²) in [7, 11) is 0. The van der Waals surface area contributed by atoms with Crippen LogP contribution in [0.4, 0.5) is 19.0 Å². The van der Waals surface area contributed by atoms with E-state index >= 15 is 0 Å². The van der Waals surface area contributed by atoms with Crippen molar-refractivity contribution in [1.29, 1.82) is 0 Å². The molecule has 0 aromatic carbocycles. The van der Waals surface area contributed by atoms with Crippen LogP contribution in [0.5, 0.6) is 0 Å². The van der Waals surface area contributed by atoms with Crippen molar-refractivity contribution >= 4 is 52.3 Å². The molecule has 0 radical (unpaired) electrons. The van der Waals surface area contributed by atoms with Crippen LogP contribution in [0.1, 0.15) is 98.9 Å². The van der Waals surface area contributed by atoms with Gasteiger partial charge in [0.15, 0.2) is 0 Å². The van der Waals surface area contributed by atoms with Crippen molar-refractivity contribution in [2.75, 3.05) is 5.32 Å². The fraction of sp³-hybridized carbons (Fsp3) is 0.485. The number of aromatic nitrogens is 2. The Kier molecular flexibility index (Phi) is 11.8. The number of carbonyl (C=O) groups excluding carboxylic acids is 3. The first kappa shape index (κ1) is 36.0. The Hall–Kier alpha value is -3.80. The number of ether oxygens (including phenoxy) is 1. The van der Waals surface area contributed by atoms with Crippen LogP contribution in [0.3, 0.4) is 0 Å². The third-order valence-electron chi connectivity index (χ3n) is 7.64. The summed E-state index contributed by atoms with van der Waals surface area (Å²) < 4.78 is 44.9. The molecule has 9 nitrogen and oxygen atoms in total. The summed E-state index contributed by atoms with van der Waals surface area (Å²) in [6.07, 6.45) is 8.59. The van der Waals surface area contributed by atoms with Gasteiger partial charge in [-0.2, -0.15) is 13.2 Å². The van der Waals surface area contributed by atoms with Gasteiger partial charge in [0.2, 0.25) is 0 Å². The van der Waals surface area contributed by atoms with E-state index in [0.717, 1.165) is 61.6 Å². The van der Waals surface area contributed by atoms with Crippen LogP contribution in [0.25, 0.3) is 0 Å². The third kappa shape index (κ3) is 10.9. The van der Waals surface area contributed by atoms with Gasteiger partial charge in [0, 0.05) is 12.6 Å². The van der Waals surface area contributed by atoms with E-state index in [1.54, 1.807) is 13.0 Å². The Labute approximate surface area is 280 Å². The minimum absolute atomic E-state index is 0.118. The quantitative estimate of drug-likeness (QED) is 0.192. The van der Waals surface area contributed by atoms with Gasteiger partial charge in [0.1, 0.15) is 27.0 Å². The molecule has 0 spiro atoms. The number of thiazole rings is 1. The van der Waals surface area contributed by atoms with Crippen LogP contribution in [0.2, 0.25) is 5.02 Å². The lowest BCUT2D eigenvalue weighted by Crippen LogP contribution is -2.32. The van der Waals surface area contributed by atoms with Gasteiger partial charge >= 0.3 is 12.1 Å². The van der Waals surface area contributed by atoms with Crippen LogP contribution in [-0.2, 0) is 20.5 Å². The summed E-state index contributed by atoms with van der Waals surface area (Å²) in [5, 5.41) is 5.00. The van der Waals surface area contributed by atoms with Gasteiger partial charge in [0.05, 0.1) is 29.0 Å². The highest BCUT2D eigenvalue weighted by atomic mass is 35.5. The lowest BCUT2D eigenvalue weighted by atomic mass is 9.77. The Morgan fingerprint density at radius 3 is 2.47 bits per heavy atom. The topological polar surface area (TPSA) is 123 Å². The number of alkyl halides is 3. The van der Waals surface area contributed by atoms with E-state index in [1.165, 1.54) is 12.4 Å². The number of carbonyl (C=O) groups is 3. The maximum Gasteiger partial charge on any atom is 0.418 e. The van der Waals surface area contributed by atoms with Gasteiger partial charge in [-0.25, -0.2) is 15.0 Å². The molecule has 2 N–H and O–H groups in total. The van der Waals surface area contributed by atoms with Gasteiger partial charge in [-0.1, -0.05) is 24.4 Å². The van der Waals surface area contributed by atoms with Crippen molar-refractivity contribution in [3.8, 4) is 0 Å². The molecule has 2 amide bonds. The van der Waals surface area contributed by atoms with Crippen molar-refractivity contribution < 1.29 is 32.3 Å². The maximum atomic E-state index is 13.2. The van der Waals surface area contributed by atoms with Crippen LogP contribution in [0.15, 0.2) is 53.1 Å². The van der Waals surface area contributed by atoms with Crippen molar-refractivity contribution in [3.63, 3.8) is 0 Å². The highest BCUT2D eigenvalue weighted by molar-refractivity contribution is 7.13. The van der Waals surface area contributed by atoms with E-state index in [-0.39, 0.29) is 22.4 Å². The summed E-state index contributed by atoms with van der Waals surface area (Å²) in [5.74, 6) is -0.662. The Morgan fingerprint density at radius 2 is 1.79 bits per heavy atom. The zero-order chi connectivity index (χ0) is 34.4. The van der Waals surface area contributed by atoms with E-state index in [4.69, 9.17) is 16.3 Å². The number of pyridine rings is 1. The highest BCUT2D eigenvalue weighted by Crippen LogP contribution is 2.36. The number of rotatable bonds is 10. The summed E-state index contributed by atoms with van der Waals surface area (Å²) in [6.45, 7) is 7.31. The average molecular weight is 692 g/mol. The smallest absolute Gasteiger partial charge is 0.418 e. The molecule has 4 rings (SSSR count). The molecule has 1 fully saturated rings. The van der Waals surface area contributed by atoms with Crippen molar-refractivity contribution in [3.05, 3.63) is 68.6 Å². The third-order valence-corrected chi connectivity index (χ3v) is 9.12. The van der Waals surface area contributed by atoms with Crippen molar-refractivity contribution in [2.24, 2.45) is 16.8 Å². The number of hydrogen-bond acceptors (Lipinski definition) is 8. The standard InChI is InChI=1S/C33H37ClF3N5O4S/c1-19(31-40-18-26(47-31)30(45)42-27-16-23(33(35,36)37)24(34)17-39-27)41-29(44)25-15-22(6-5-13-38-25)14-21-9-7-20(8-10-21)11-12-28(43)46-32(2,3)4/h6,13,15-21H,7-12,14H2,1-4H3,(H,41,44)(H,39,42,45). The number of halogens is 4. The second kappa shape index (κ2) is 15.4. The van der Waals surface area contributed by atoms with E-state index in [2.05, 4.69) is 31.3 Å². The molecule has 2 aromatic heterocycles. The largest absolute Gasteiger partial charge is 0.460 e. The predicted molar refractivity (Wildman–Crippen MR) is 174 cm³/mol. The molecule has 252 valence electrons. The Balaban J connectivity index is 1.28. The molecular weight excluding hydrogens is 655 g/mol. The SMILES string of the molecule is CC(NC(=O)C1=NC=C=CC(CC2CCC(CCC(=O)OC(C)(C)C)CC2)=C1)c1ncc(C(=O)Nc2cc(C(F)(F)F)c(Cl)cn2)s1. The normalized spacial score (nSPS) is 18.9. The predicted octanol–water partition coefficient (Wildman–Crippen LogP) is 8.01. The summed E-state index contributed by atoms with van der Waals surface area (Å²) in [6, 6.07) is 0.0687. The summed E-state index contributed by atoms with van der Waals surface area (Å²) in [5.41, 5.74) is 2.56. The molecule has 0 saturated heterocycles. The van der Waals surface area contributed by atoms with Crippen LogP contribution >= 0.6 is 22.9 Å². The minimum atomic E-state index is -4.71. The highest BCUT2D eigenvalue weighted by Gasteiger charge is 2.34. The molecule has 2 aliphatic rings. The van der Waals surface area contributed by atoms with Crippen LogP contribution in [0, 0.1) is 11.8 Å². The van der Waals surface area contributed by atoms with Gasteiger partial charge < -0.3 is 15.4 Å². The zero-order valence-corrected chi connectivity index (χ0v) is 28.1. The van der Waals surface area contributed by atoms with Gasteiger partial charge in [0.25, 0.3) is 11.8 Å². The van der Waals surface area contributed by atoms with Gasteiger partial charge in [-0.15, -0.1) is 17.1 Å². The molecular formula is C33H37ClF3N5O4S. The van der Waals surface area contributed by atoms with Gasteiger partial charge in [-0.05, 0) is 89.0 Å². The number of allylic oxidation sites excluding steroid dienone is 2. The molecule has 14 heteroatoms. The first-order valence-electron chi connectivity index (χ1n) is 15.3. The van der Waals surface area contributed by atoms with Crippen molar-refractivity contribution in [1.82, 2.24) is 15.3 Å². The second-order valence-electron chi connectivity index (χ2n) is 12.6. The summed E-state index contributed by atoms with van der Waals surface area (Å²) in [4.78, 5) is 50.2. The monoisotopic (exact) mass is 691 g/mol. The number of amides is 2. The molecule has 1 saturated carbocycles. The van der Waals surface area contributed by atoms with E-state index < -0.39 is 40.2 Å². The number of nitrogens with zero attached hydrogens (tertiary/aromatic N) is 3. The second-order valence-corrected chi connectivity index (χ2v) is 14.1. The number of hydrogen-bond donors (Lipinski definition) is 2. The Morgan fingerprint density at radius 1 is 1.09 bits per heavy atom. The molecule has 2 aromatic rings. The molecule has 47 heavy (non-hydrogen) atoms. The number of anilines is 1. The fourth-order valence-electron chi connectivity index (χ4n) is 5.35. The molecule has 0 bridgehead atoms. The first-order valence-corrected chi connectivity index (χ1v) is 16.5. The zero-order valence-electron chi connectivity index (χ0n) is 26.5. The molecule has 1 unspecified atom stereocenters. The fourth-order valence-corrected chi connectivity index (χ4v) is 6.37. The van der Waals surface area contributed by atoms with Gasteiger partial charge in [-0.3, -0.25) is 14.4 Å². The van der Waals surface area contributed by atoms with Crippen LogP contribution < -0.4 is 10.6 Å². The molecule has 1 aliphatic heterocycles. The molecule has 1 atom stereocenters. The first-order chi connectivity index (χ1) is 22.1. The number of esters is 1. The van der Waals surface area contributed by atoms with Crippen LogP contribution in [-0.4, -0.2) is 39.1 Å². The maximum absolute atomic E-state index is 13.2.